The standard InChI is InChI=1S/C14H16BrNO2/c1-2-3-4-10-8-16(9-14(17)18)13-7-11(15)5-6-12(10)13/h5-8H,2-4,9H2,1H3,(H,17,18). The molecular weight excluding hydrogens is 294 g/mol. The molecule has 0 radical (unpaired) electrons. The number of carboxylic acid groups (broad SMARTS) is 1. The predicted molar refractivity (Wildman–Crippen MR) is 75.9 cm³/mol. The zero-order chi connectivity index (χ0) is 13.1. The molecule has 2 aromatic rings. The van der Waals surface area contributed by atoms with E-state index < -0.39 is 5.97 Å². The number of unbranched alkanes of at least 4 members (excludes halogenated alkanes) is 1. The lowest BCUT2D eigenvalue weighted by Gasteiger charge is -2.01. The lowest BCUT2D eigenvalue weighted by molar-refractivity contribution is -0.137. The van der Waals surface area contributed by atoms with Crippen LogP contribution in [0, 0.1) is 0 Å². The maximum Gasteiger partial charge on any atom is 0.323 e. The second-order valence-corrected chi connectivity index (χ2v) is 5.36. The fraction of sp³-hybridized carbons (Fsp3) is 0.357. The molecule has 0 fully saturated rings. The van der Waals surface area contributed by atoms with Crippen LogP contribution in [-0.4, -0.2) is 15.6 Å². The third-order valence-electron chi connectivity index (χ3n) is 3.03. The highest BCUT2D eigenvalue weighted by Crippen LogP contribution is 2.26. The number of carboxylic acids is 1. The normalized spacial score (nSPS) is 11.0. The number of hydrogen-bond donors (Lipinski definition) is 1. The second kappa shape index (κ2) is 5.57. The second-order valence-electron chi connectivity index (χ2n) is 4.44. The SMILES string of the molecule is CCCCc1cn(CC(=O)O)c2cc(Br)ccc12. The molecule has 0 aliphatic rings. The Kier molecular flexibility index (Phi) is 4.07. The number of fused-ring (bicyclic) bond motifs is 1. The Labute approximate surface area is 115 Å². The molecule has 0 bridgehead atoms. The van der Waals surface area contributed by atoms with Crippen molar-refractivity contribution in [2.24, 2.45) is 0 Å². The zero-order valence-electron chi connectivity index (χ0n) is 10.3. The molecule has 0 saturated carbocycles. The topological polar surface area (TPSA) is 42.2 Å². The molecule has 0 aliphatic heterocycles. The summed E-state index contributed by atoms with van der Waals surface area (Å²) in [5, 5.41) is 10.1. The quantitative estimate of drug-likeness (QED) is 0.912. The van der Waals surface area contributed by atoms with Crippen molar-refractivity contribution in [3.63, 3.8) is 0 Å². The summed E-state index contributed by atoms with van der Waals surface area (Å²) < 4.78 is 2.79. The smallest absolute Gasteiger partial charge is 0.323 e. The van der Waals surface area contributed by atoms with Gasteiger partial charge in [0.1, 0.15) is 6.54 Å². The van der Waals surface area contributed by atoms with Gasteiger partial charge in [-0.3, -0.25) is 4.79 Å². The molecule has 18 heavy (non-hydrogen) atoms. The Morgan fingerprint density at radius 3 is 2.89 bits per heavy atom. The van der Waals surface area contributed by atoms with Gasteiger partial charge in [0.05, 0.1) is 0 Å². The Bertz CT molecular complexity index is 574. The van der Waals surface area contributed by atoms with E-state index in [2.05, 4.69) is 28.9 Å². The molecule has 1 N–H and O–H groups in total. The van der Waals surface area contributed by atoms with Gasteiger partial charge in [0.15, 0.2) is 0 Å². The molecule has 0 saturated heterocycles. The minimum Gasteiger partial charge on any atom is -0.480 e. The first-order valence-corrected chi connectivity index (χ1v) is 6.90. The lowest BCUT2D eigenvalue weighted by atomic mass is 10.1. The van der Waals surface area contributed by atoms with E-state index in [0.717, 1.165) is 34.6 Å². The molecule has 0 spiro atoms. The Balaban J connectivity index is 2.48. The number of aliphatic carboxylic acids is 1. The van der Waals surface area contributed by atoms with Gasteiger partial charge in [-0.1, -0.05) is 35.3 Å². The van der Waals surface area contributed by atoms with Crippen LogP contribution in [-0.2, 0) is 17.8 Å². The van der Waals surface area contributed by atoms with Crippen LogP contribution in [0.5, 0.6) is 0 Å². The first-order chi connectivity index (χ1) is 8.61. The summed E-state index contributed by atoms with van der Waals surface area (Å²) in [6.07, 6.45) is 5.24. The molecule has 3 nitrogen and oxygen atoms in total. The highest BCUT2D eigenvalue weighted by atomic mass is 79.9. The Morgan fingerprint density at radius 2 is 2.22 bits per heavy atom. The predicted octanol–water partition coefficient (Wildman–Crippen LogP) is 3.83. The highest BCUT2D eigenvalue weighted by Gasteiger charge is 2.10. The van der Waals surface area contributed by atoms with Crippen LogP contribution in [0.2, 0.25) is 0 Å². The number of aryl methyl sites for hydroxylation is 1. The molecule has 1 heterocycles. The number of hydrogen-bond acceptors (Lipinski definition) is 1. The van der Waals surface area contributed by atoms with Crippen LogP contribution >= 0.6 is 15.9 Å². The lowest BCUT2D eigenvalue weighted by Crippen LogP contribution is -2.07. The van der Waals surface area contributed by atoms with Gasteiger partial charge in [-0.25, -0.2) is 0 Å². The summed E-state index contributed by atoms with van der Waals surface area (Å²) in [7, 11) is 0. The van der Waals surface area contributed by atoms with Crippen LogP contribution in [0.3, 0.4) is 0 Å². The van der Waals surface area contributed by atoms with E-state index in [1.54, 1.807) is 0 Å². The largest absolute Gasteiger partial charge is 0.480 e. The monoisotopic (exact) mass is 309 g/mol. The highest BCUT2D eigenvalue weighted by molar-refractivity contribution is 9.10. The molecule has 1 aromatic carbocycles. The van der Waals surface area contributed by atoms with Gasteiger partial charge < -0.3 is 9.67 Å². The van der Waals surface area contributed by atoms with E-state index in [9.17, 15) is 4.79 Å². The van der Waals surface area contributed by atoms with Crippen molar-refractivity contribution in [1.82, 2.24) is 4.57 Å². The number of nitrogens with zero attached hydrogens (tertiary/aromatic N) is 1. The van der Waals surface area contributed by atoms with Crippen molar-refractivity contribution in [2.45, 2.75) is 32.7 Å². The van der Waals surface area contributed by atoms with Crippen LogP contribution in [0.25, 0.3) is 10.9 Å². The van der Waals surface area contributed by atoms with Crippen LogP contribution < -0.4 is 0 Å². The summed E-state index contributed by atoms with van der Waals surface area (Å²) in [5.74, 6) is -0.811. The van der Waals surface area contributed by atoms with E-state index in [0.29, 0.717) is 0 Å². The molecular formula is C14H16BrNO2. The zero-order valence-corrected chi connectivity index (χ0v) is 11.9. The summed E-state index contributed by atoms with van der Waals surface area (Å²) in [4.78, 5) is 10.9. The first kappa shape index (κ1) is 13.1. The first-order valence-electron chi connectivity index (χ1n) is 6.11. The number of rotatable bonds is 5. The minimum absolute atomic E-state index is 0.0130. The molecule has 4 heteroatoms. The summed E-state index contributed by atoms with van der Waals surface area (Å²) in [6, 6.07) is 6.04. The van der Waals surface area contributed by atoms with E-state index in [1.807, 2.05) is 22.9 Å². The number of aromatic nitrogens is 1. The van der Waals surface area contributed by atoms with Gasteiger partial charge in [-0.05, 0) is 30.5 Å². The van der Waals surface area contributed by atoms with Crippen molar-refractivity contribution in [3.8, 4) is 0 Å². The molecule has 0 atom stereocenters. The number of benzene rings is 1. The van der Waals surface area contributed by atoms with Crippen molar-refractivity contribution < 1.29 is 9.90 Å². The van der Waals surface area contributed by atoms with E-state index in [1.165, 1.54) is 5.56 Å². The molecule has 2 rings (SSSR count). The fourth-order valence-corrected chi connectivity index (χ4v) is 2.53. The van der Waals surface area contributed by atoms with E-state index in [4.69, 9.17) is 5.11 Å². The molecule has 0 amide bonds. The third kappa shape index (κ3) is 2.75. The Hall–Kier alpha value is -1.29. The third-order valence-corrected chi connectivity index (χ3v) is 3.53. The number of halogens is 1. The Morgan fingerprint density at radius 1 is 1.44 bits per heavy atom. The molecule has 1 aromatic heterocycles. The minimum atomic E-state index is -0.811. The van der Waals surface area contributed by atoms with Crippen molar-refractivity contribution in [3.05, 3.63) is 34.4 Å². The summed E-state index contributed by atoms with van der Waals surface area (Å²) in [6.45, 7) is 2.17. The van der Waals surface area contributed by atoms with Crippen molar-refractivity contribution in [1.29, 1.82) is 0 Å². The van der Waals surface area contributed by atoms with Crippen LogP contribution in [0.4, 0.5) is 0 Å². The summed E-state index contributed by atoms with van der Waals surface area (Å²) >= 11 is 3.43. The van der Waals surface area contributed by atoms with E-state index >= 15 is 0 Å². The number of carbonyl (C=O) groups is 1. The molecule has 0 unspecified atom stereocenters. The van der Waals surface area contributed by atoms with Crippen LogP contribution in [0.1, 0.15) is 25.3 Å². The van der Waals surface area contributed by atoms with Gasteiger partial charge in [-0.15, -0.1) is 0 Å². The van der Waals surface area contributed by atoms with Gasteiger partial charge >= 0.3 is 5.97 Å². The van der Waals surface area contributed by atoms with Crippen molar-refractivity contribution >= 4 is 32.8 Å². The maximum atomic E-state index is 10.9. The van der Waals surface area contributed by atoms with Crippen LogP contribution in [0.15, 0.2) is 28.9 Å². The van der Waals surface area contributed by atoms with Gasteiger partial charge in [0.2, 0.25) is 0 Å². The maximum absolute atomic E-state index is 10.9. The van der Waals surface area contributed by atoms with Gasteiger partial charge in [-0.2, -0.15) is 0 Å². The van der Waals surface area contributed by atoms with Crippen molar-refractivity contribution in [2.75, 3.05) is 0 Å². The molecule has 0 aliphatic carbocycles. The van der Waals surface area contributed by atoms with E-state index in [-0.39, 0.29) is 6.54 Å². The summed E-state index contributed by atoms with van der Waals surface area (Å²) in [5.41, 5.74) is 2.22. The fourth-order valence-electron chi connectivity index (χ4n) is 2.18. The average molecular weight is 310 g/mol. The van der Waals surface area contributed by atoms with Gasteiger partial charge in [0.25, 0.3) is 0 Å². The van der Waals surface area contributed by atoms with Gasteiger partial charge in [0, 0.05) is 21.6 Å². The molecule has 96 valence electrons. The average Bonchev–Trinajstić information content (AvgIpc) is 2.64.